The van der Waals surface area contributed by atoms with Crippen LogP contribution in [0.2, 0.25) is 0 Å². The summed E-state index contributed by atoms with van der Waals surface area (Å²) in [5.41, 5.74) is 0. The lowest BCUT2D eigenvalue weighted by Crippen LogP contribution is -2.30. The van der Waals surface area contributed by atoms with Gasteiger partial charge in [0.15, 0.2) is 6.10 Å². The van der Waals surface area contributed by atoms with E-state index in [2.05, 4.69) is 81.5 Å². The second-order valence-corrected chi connectivity index (χ2v) is 19.9. The number of hydrogen-bond donors (Lipinski definition) is 0. The van der Waals surface area contributed by atoms with E-state index < -0.39 is 6.10 Å². The fraction of sp³-hybridized carbons (Fsp3) is 0.794. The van der Waals surface area contributed by atoms with E-state index in [0.717, 1.165) is 83.5 Å². The van der Waals surface area contributed by atoms with E-state index in [1.165, 1.54) is 180 Å². The molecule has 0 fully saturated rings. The van der Waals surface area contributed by atoms with Crippen LogP contribution in [0.3, 0.4) is 0 Å². The number of allylic oxidation sites excluding steroid dienone is 10. The van der Waals surface area contributed by atoms with Gasteiger partial charge in [-0.25, -0.2) is 0 Å². The zero-order valence-electron chi connectivity index (χ0n) is 45.8. The van der Waals surface area contributed by atoms with Crippen molar-refractivity contribution in [1.82, 2.24) is 0 Å². The molecule has 69 heavy (non-hydrogen) atoms. The molecule has 1 atom stereocenters. The molecule has 0 aromatic rings. The van der Waals surface area contributed by atoms with E-state index in [1.54, 1.807) is 0 Å². The number of carbonyl (C=O) groups excluding carboxylic acids is 3. The molecular weight excluding hydrogens is 853 g/mol. The number of hydrogen-bond acceptors (Lipinski definition) is 6. The van der Waals surface area contributed by atoms with Crippen LogP contribution in [0, 0.1) is 0 Å². The molecule has 0 heterocycles. The van der Waals surface area contributed by atoms with Gasteiger partial charge in [-0.2, -0.15) is 0 Å². The fourth-order valence-electron chi connectivity index (χ4n) is 8.55. The van der Waals surface area contributed by atoms with Crippen molar-refractivity contribution in [3.05, 3.63) is 60.8 Å². The van der Waals surface area contributed by atoms with Gasteiger partial charge in [0.2, 0.25) is 0 Å². The van der Waals surface area contributed by atoms with E-state index in [0.29, 0.717) is 19.3 Å². The van der Waals surface area contributed by atoms with E-state index in [4.69, 9.17) is 14.2 Å². The third kappa shape index (κ3) is 55.9. The molecule has 0 amide bonds. The summed E-state index contributed by atoms with van der Waals surface area (Å²) in [5.74, 6) is -0.916. The Balaban J connectivity index is 4.39. The lowest BCUT2D eigenvalue weighted by Gasteiger charge is -2.18. The van der Waals surface area contributed by atoms with Gasteiger partial charge in [0.25, 0.3) is 0 Å². The Labute approximate surface area is 428 Å². The Kier molecular flexibility index (Phi) is 55.3. The molecule has 0 spiro atoms. The summed E-state index contributed by atoms with van der Waals surface area (Å²) in [4.78, 5) is 38.2. The van der Waals surface area contributed by atoms with Crippen molar-refractivity contribution in [2.45, 2.75) is 309 Å². The molecular formula is C63H112O6. The van der Waals surface area contributed by atoms with Gasteiger partial charge in [0, 0.05) is 19.3 Å². The molecule has 0 aliphatic carbocycles. The fourth-order valence-corrected chi connectivity index (χ4v) is 8.55. The molecule has 0 saturated heterocycles. The topological polar surface area (TPSA) is 78.9 Å². The zero-order chi connectivity index (χ0) is 50.0. The van der Waals surface area contributed by atoms with Gasteiger partial charge >= 0.3 is 17.9 Å². The van der Waals surface area contributed by atoms with Gasteiger partial charge in [-0.05, 0) is 83.5 Å². The molecule has 0 aliphatic heterocycles. The van der Waals surface area contributed by atoms with E-state index in [-0.39, 0.29) is 31.1 Å². The Morgan fingerprint density at radius 2 is 0.565 bits per heavy atom. The molecule has 0 rings (SSSR count). The second kappa shape index (κ2) is 57.7. The maximum atomic E-state index is 12.9. The average molecular weight is 966 g/mol. The highest BCUT2D eigenvalue weighted by Crippen LogP contribution is 2.16. The quantitative estimate of drug-likeness (QED) is 0.0262. The Hall–Kier alpha value is -2.89. The van der Waals surface area contributed by atoms with Crippen LogP contribution in [0.25, 0.3) is 0 Å². The van der Waals surface area contributed by atoms with Gasteiger partial charge < -0.3 is 14.2 Å². The average Bonchev–Trinajstić information content (AvgIpc) is 3.35. The molecule has 0 aliphatic rings. The number of rotatable bonds is 54. The molecule has 0 N–H and O–H groups in total. The predicted octanol–water partition coefficient (Wildman–Crippen LogP) is 20.0. The summed E-state index contributed by atoms with van der Waals surface area (Å²) in [7, 11) is 0. The minimum absolute atomic E-state index is 0.0857. The van der Waals surface area contributed by atoms with Crippen molar-refractivity contribution in [3.8, 4) is 0 Å². The minimum atomic E-state index is -0.790. The highest BCUT2D eigenvalue weighted by atomic mass is 16.6. The molecule has 0 aromatic carbocycles. The monoisotopic (exact) mass is 965 g/mol. The van der Waals surface area contributed by atoms with E-state index in [9.17, 15) is 14.4 Å². The van der Waals surface area contributed by atoms with Crippen molar-refractivity contribution in [1.29, 1.82) is 0 Å². The number of carbonyl (C=O) groups is 3. The number of ether oxygens (including phenoxy) is 3. The first-order valence-electron chi connectivity index (χ1n) is 29.8. The third-order valence-electron chi connectivity index (χ3n) is 13.0. The summed E-state index contributed by atoms with van der Waals surface area (Å²) in [5, 5.41) is 0. The molecule has 0 bridgehead atoms. The van der Waals surface area contributed by atoms with Crippen LogP contribution >= 0.6 is 0 Å². The molecule has 0 radical (unpaired) electrons. The highest BCUT2D eigenvalue weighted by Gasteiger charge is 2.19. The van der Waals surface area contributed by atoms with Gasteiger partial charge in [0.05, 0.1) is 0 Å². The lowest BCUT2D eigenvalue weighted by atomic mass is 10.0. The highest BCUT2D eigenvalue weighted by molar-refractivity contribution is 5.71. The summed E-state index contributed by atoms with van der Waals surface area (Å²) < 4.78 is 16.9. The first-order valence-corrected chi connectivity index (χ1v) is 29.8. The Bertz CT molecular complexity index is 1250. The van der Waals surface area contributed by atoms with Crippen LogP contribution in [0.5, 0.6) is 0 Å². The maximum Gasteiger partial charge on any atom is 0.306 e. The summed E-state index contributed by atoms with van der Waals surface area (Å²) in [6, 6.07) is 0. The second-order valence-electron chi connectivity index (χ2n) is 19.9. The van der Waals surface area contributed by atoms with Crippen LogP contribution in [0.4, 0.5) is 0 Å². The standard InChI is InChI=1S/C63H112O6/c1-4-7-10-13-16-19-22-25-28-30-31-33-35-38-41-44-47-50-53-56-62(65)68-59-60(58-67-61(64)55-52-49-46-43-40-37-34-27-24-21-18-15-12-9-6-3)69-63(66)57-54-51-48-45-42-39-36-32-29-26-23-20-17-14-11-8-5-2/h9,12,18,21,25,27-28,34,40,43,60H,4-8,10-11,13-17,19-20,22-24,26,29-33,35-39,41-42,44-59H2,1-3H3/b12-9-,21-18-,28-25-,34-27-,43-40-/t60-/m1/s1. The van der Waals surface area contributed by atoms with E-state index in [1.807, 2.05) is 0 Å². The molecule has 400 valence electrons. The van der Waals surface area contributed by atoms with Crippen molar-refractivity contribution < 1.29 is 28.6 Å². The minimum Gasteiger partial charge on any atom is -0.462 e. The van der Waals surface area contributed by atoms with Gasteiger partial charge in [-0.15, -0.1) is 0 Å². The van der Waals surface area contributed by atoms with Crippen molar-refractivity contribution in [2.75, 3.05) is 13.2 Å². The maximum absolute atomic E-state index is 12.9. The third-order valence-corrected chi connectivity index (χ3v) is 13.0. The number of unbranched alkanes of at least 4 members (excludes halogenated alkanes) is 33. The predicted molar refractivity (Wildman–Crippen MR) is 298 cm³/mol. The molecule has 0 saturated carbocycles. The van der Waals surface area contributed by atoms with Crippen LogP contribution < -0.4 is 0 Å². The normalized spacial score (nSPS) is 12.4. The first kappa shape index (κ1) is 66.1. The largest absolute Gasteiger partial charge is 0.462 e. The van der Waals surface area contributed by atoms with Crippen LogP contribution in [0.15, 0.2) is 60.8 Å². The Morgan fingerprint density at radius 1 is 0.304 bits per heavy atom. The lowest BCUT2D eigenvalue weighted by molar-refractivity contribution is -0.167. The molecule has 6 heteroatoms. The smallest absolute Gasteiger partial charge is 0.306 e. The van der Waals surface area contributed by atoms with Crippen molar-refractivity contribution in [3.63, 3.8) is 0 Å². The molecule has 6 nitrogen and oxygen atoms in total. The van der Waals surface area contributed by atoms with Crippen molar-refractivity contribution in [2.24, 2.45) is 0 Å². The zero-order valence-corrected chi connectivity index (χ0v) is 45.8. The van der Waals surface area contributed by atoms with Gasteiger partial charge in [-0.3, -0.25) is 14.4 Å². The molecule has 0 aromatic heterocycles. The SMILES string of the molecule is CC/C=C\C/C=C\C/C=C\C/C=C\CCCCC(=O)OC[C@H](COC(=O)CCCCCCCCCCC/C=C\CCCCCCCC)OC(=O)CCCCCCCCCCCCCCCCCCC. The van der Waals surface area contributed by atoms with Crippen LogP contribution in [-0.4, -0.2) is 37.2 Å². The van der Waals surface area contributed by atoms with Gasteiger partial charge in [0.1, 0.15) is 13.2 Å². The number of esters is 3. The first-order chi connectivity index (χ1) is 34.0. The van der Waals surface area contributed by atoms with Crippen LogP contribution in [0.1, 0.15) is 303 Å². The van der Waals surface area contributed by atoms with E-state index >= 15 is 0 Å². The summed E-state index contributed by atoms with van der Waals surface area (Å²) in [6.45, 7) is 6.52. The summed E-state index contributed by atoms with van der Waals surface area (Å²) in [6.07, 6.45) is 72.2. The van der Waals surface area contributed by atoms with Crippen LogP contribution in [-0.2, 0) is 28.6 Å². The Morgan fingerprint density at radius 3 is 0.928 bits per heavy atom. The van der Waals surface area contributed by atoms with Crippen molar-refractivity contribution >= 4 is 17.9 Å². The molecule has 0 unspecified atom stereocenters. The summed E-state index contributed by atoms with van der Waals surface area (Å²) >= 11 is 0. The van der Waals surface area contributed by atoms with Gasteiger partial charge in [-0.1, -0.05) is 261 Å².